The molecule has 0 spiro atoms. The van der Waals surface area contributed by atoms with Crippen LogP contribution in [0.3, 0.4) is 0 Å². The van der Waals surface area contributed by atoms with E-state index in [0.717, 1.165) is 18.9 Å². The first-order valence-corrected chi connectivity index (χ1v) is 13.7. The topological polar surface area (TPSA) is 175 Å². The van der Waals surface area contributed by atoms with Gasteiger partial charge in [-0.15, -0.1) is 13.2 Å². The number of hydrogen-bond acceptors (Lipinski definition) is 10. The number of carbonyl (C=O) groups excluding carboxylic acids is 3. The van der Waals surface area contributed by atoms with Crippen LogP contribution in [0.15, 0.2) is 23.0 Å². The van der Waals surface area contributed by atoms with Gasteiger partial charge in [-0.25, -0.2) is 4.79 Å². The van der Waals surface area contributed by atoms with Gasteiger partial charge in [0.05, 0.1) is 11.6 Å². The molecule has 0 bridgehead atoms. The molecule has 1 saturated heterocycles. The Hall–Kier alpha value is -3.46. The van der Waals surface area contributed by atoms with Gasteiger partial charge < -0.3 is 25.2 Å². The van der Waals surface area contributed by atoms with Gasteiger partial charge >= 0.3 is 12.3 Å². The summed E-state index contributed by atoms with van der Waals surface area (Å²) >= 11 is 0. The number of phenols is 1. The summed E-state index contributed by atoms with van der Waals surface area (Å²) in [4.78, 5) is 43.0. The molecule has 4 atom stereocenters. The monoisotopic (exact) mass is 596 g/mol. The van der Waals surface area contributed by atoms with Gasteiger partial charge in [0.2, 0.25) is 5.78 Å². The van der Waals surface area contributed by atoms with E-state index in [0.29, 0.717) is 13.1 Å². The first-order chi connectivity index (χ1) is 19.6. The number of aliphatic hydroxyl groups excluding tert-OH is 2. The summed E-state index contributed by atoms with van der Waals surface area (Å²) in [6.07, 6.45) is -3.91. The predicted octanol–water partition coefficient (Wildman–Crippen LogP) is 1.13. The van der Waals surface area contributed by atoms with Crippen LogP contribution < -0.4 is 10.5 Å². The summed E-state index contributed by atoms with van der Waals surface area (Å²) in [7, 11) is 1.53. The van der Waals surface area contributed by atoms with E-state index in [-0.39, 0.29) is 37.1 Å². The zero-order valence-corrected chi connectivity index (χ0v) is 23.1. The highest BCUT2D eigenvalue weighted by Gasteiger charge is 2.64. The molecule has 42 heavy (non-hydrogen) atoms. The number of phenolic OH excluding ortho intramolecular Hbond substituents is 1. The van der Waals surface area contributed by atoms with Crippen molar-refractivity contribution in [1.29, 1.82) is 0 Å². The number of amides is 1. The quantitative estimate of drug-likeness (QED) is 0.300. The van der Waals surface area contributed by atoms with E-state index in [1.54, 1.807) is 6.92 Å². The third-order valence-electron chi connectivity index (χ3n) is 9.01. The van der Waals surface area contributed by atoms with Crippen molar-refractivity contribution in [2.24, 2.45) is 11.8 Å². The molecule has 3 aliphatic carbocycles. The number of aliphatic hydroxyl groups is 3. The molecule has 1 saturated carbocycles. The Balaban J connectivity index is 1.71. The van der Waals surface area contributed by atoms with Crippen molar-refractivity contribution >= 4 is 23.2 Å². The number of carbonyl (C=O) groups is 3. The maximum absolute atomic E-state index is 14.0. The van der Waals surface area contributed by atoms with Gasteiger partial charge in [0.1, 0.15) is 17.3 Å². The Morgan fingerprint density at radius 3 is 2.43 bits per heavy atom. The molecule has 228 valence electrons. The number of likely N-dealkylation sites (tertiary alicyclic amines) is 1. The van der Waals surface area contributed by atoms with Crippen molar-refractivity contribution in [1.82, 2.24) is 9.80 Å². The lowest BCUT2D eigenvalue weighted by Crippen LogP contribution is -2.69. The van der Waals surface area contributed by atoms with Gasteiger partial charge in [-0.2, -0.15) is 0 Å². The molecule has 14 heteroatoms. The number of halogens is 3. The maximum Gasteiger partial charge on any atom is 0.573 e. The average Bonchev–Trinajstić information content (AvgIpc) is 3.40. The molecular weight excluding hydrogens is 563 g/mol. The number of rotatable bonds is 6. The molecule has 0 aromatic heterocycles. The second kappa shape index (κ2) is 10.4. The minimum absolute atomic E-state index is 0.0496. The van der Waals surface area contributed by atoms with Crippen LogP contribution in [0.4, 0.5) is 13.2 Å². The van der Waals surface area contributed by atoms with Crippen molar-refractivity contribution in [2.75, 3.05) is 26.7 Å². The van der Waals surface area contributed by atoms with Gasteiger partial charge in [-0.05, 0) is 64.3 Å². The van der Waals surface area contributed by atoms with Gasteiger partial charge in [0.25, 0.3) is 0 Å². The fourth-order valence-corrected chi connectivity index (χ4v) is 7.04. The number of quaternary nitrogens is 1. The second-order valence-corrected chi connectivity index (χ2v) is 11.4. The number of benzene rings is 1. The van der Waals surface area contributed by atoms with Crippen LogP contribution in [-0.4, -0.2) is 92.4 Å². The van der Waals surface area contributed by atoms with E-state index in [2.05, 4.69) is 10.5 Å². The standard InChI is InChI=1S/C28H32F3N3O8/c1-3-33(2)20-15-9-12-8-14-18(16(35)10-13(11-34-6-4-5-7-34)23(14)42-28(29,30)31)21(36)17(12)24(38)27(15,41)25(39)19(22(20)37)26(32)40/h10,12,15,20,35-36,39,41H,3-9,11H2,1-2H3,(H2,32,40)/p+1/t12-,15-,20-,27-/m0/s1. The minimum atomic E-state index is -5.11. The number of aromatic hydroxyl groups is 1. The third-order valence-corrected chi connectivity index (χ3v) is 9.01. The van der Waals surface area contributed by atoms with E-state index in [1.165, 1.54) is 11.9 Å². The molecule has 1 aliphatic heterocycles. The summed E-state index contributed by atoms with van der Waals surface area (Å²) < 4.78 is 45.5. The third kappa shape index (κ3) is 4.57. The molecule has 1 aromatic rings. The van der Waals surface area contributed by atoms with Crippen molar-refractivity contribution in [3.05, 3.63) is 39.7 Å². The number of nitrogens with zero attached hydrogens (tertiary/aromatic N) is 2. The molecule has 1 amide bonds. The molecule has 5 rings (SSSR count). The van der Waals surface area contributed by atoms with Crippen LogP contribution in [-0.2, 0) is 27.3 Å². The van der Waals surface area contributed by atoms with Crippen molar-refractivity contribution < 1.29 is 58.5 Å². The lowest BCUT2D eigenvalue weighted by molar-refractivity contribution is -0.299. The van der Waals surface area contributed by atoms with Crippen molar-refractivity contribution in [2.45, 2.75) is 57.2 Å². The zero-order chi connectivity index (χ0) is 30.9. The van der Waals surface area contributed by atoms with Gasteiger partial charge in [-0.1, -0.05) is 6.92 Å². The van der Waals surface area contributed by atoms with E-state index in [9.17, 15) is 48.0 Å². The molecule has 0 radical (unpaired) electrons. The molecule has 11 nitrogen and oxygen atoms in total. The van der Waals surface area contributed by atoms with E-state index < -0.39 is 87.0 Å². The molecule has 0 unspecified atom stereocenters. The molecular formula is C28H33F3N3O8+. The number of likely N-dealkylation sites (N-methyl/N-ethyl adjacent to an activating group) is 1. The fraction of sp³-hybridized carbons (Fsp3) is 0.536. The van der Waals surface area contributed by atoms with Crippen LogP contribution in [0.2, 0.25) is 0 Å². The average molecular weight is 597 g/mol. The summed E-state index contributed by atoms with van der Waals surface area (Å²) in [5.74, 6) is -8.74. The van der Waals surface area contributed by atoms with Crippen molar-refractivity contribution in [3.63, 3.8) is 0 Å². The number of alkyl halides is 3. The largest absolute Gasteiger partial charge is 0.573 e. The lowest BCUT2D eigenvalue weighted by atomic mass is 9.57. The van der Waals surface area contributed by atoms with Gasteiger partial charge in [-0.3, -0.25) is 25.1 Å². The summed E-state index contributed by atoms with van der Waals surface area (Å²) in [5.41, 5.74) is -1.47. The highest BCUT2D eigenvalue weighted by Crippen LogP contribution is 2.54. The first kappa shape index (κ1) is 30.0. The van der Waals surface area contributed by atoms with Crippen molar-refractivity contribution in [3.8, 4) is 11.5 Å². The second-order valence-electron chi connectivity index (χ2n) is 11.4. The molecule has 1 aromatic carbocycles. The smallest absolute Gasteiger partial charge is 0.508 e. The predicted molar refractivity (Wildman–Crippen MR) is 139 cm³/mol. The molecule has 2 fully saturated rings. The Kier molecular flexibility index (Phi) is 7.41. The highest BCUT2D eigenvalue weighted by atomic mass is 19.4. The summed E-state index contributed by atoms with van der Waals surface area (Å²) in [5, 5.41) is 45.0. The minimum Gasteiger partial charge on any atom is -0.508 e. The molecule has 7 N–H and O–H groups in total. The van der Waals surface area contributed by atoms with E-state index >= 15 is 0 Å². The summed E-state index contributed by atoms with van der Waals surface area (Å²) in [6.45, 7) is 3.28. The summed E-state index contributed by atoms with van der Waals surface area (Å²) in [6, 6.07) is -0.200. The van der Waals surface area contributed by atoms with E-state index in [4.69, 9.17) is 0 Å². The maximum atomic E-state index is 14.0. The SMILES string of the molecule is CCN(C)[C@@H]1C(=O)C(C([NH3+])=O)=C(O)[C@@]2(O)C(=O)C3=C(O)c4c(O)cc(CN5CCCC5)c(OC(F)(F)F)c4C[C@H]3C[C@@H]12. The Bertz CT molecular complexity index is 1430. The lowest BCUT2D eigenvalue weighted by Gasteiger charge is -2.50. The number of fused-ring (bicyclic) bond motifs is 3. The number of Topliss-reactive ketones (excluding diaryl/α,β-unsaturated/α-hetero) is 2. The van der Waals surface area contributed by atoms with Crippen LogP contribution in [0.25, 0.3) is 5.76 Å². The molecule has 4 aliphatic rings. The number of ketones is 2. The van der Waals surface area contributed by atoms with Crippen LogP contribution >= 0.6 is 0 Å². The van der Waals surface area contributed by atoms with Gasteiger partial charge in [0.15, 0.2) is 22.7 Å². The van der Waals surface area contributed by atoms with Crippen LogP contribution in [0, 0.1) is 11.8 Å². The highest BCUT2D eigenvalue weighted by molar-refractivity contribution is 6.22. The zero-order valence-electron chi connectivity index (χ0n) is 23.1. The fourth-order valence-electron chi connectivity index (χ4n) is 7.04. The van der Waals surface area contributed by atoms with Crippen LogP contribution in [0.5, 0.6) is 11.5 Å². The van der Waals surface area contributed by atoms with Crippen LogP contribution in [0.1, 0.15) is 42.9 Å². The number of ether oxygens (including phenoxy) is 1. The van der Waals surface area contributed by atoms with E-state index in [1.807, 2.05) is 4.90 Å². The number of hydrogen-bond donors (Lipinski definition) is 5. The normalized spacial score (nSPS) is 28.2. The Labute approximate surface area is 238 Å². The van der Waals surface area contributed by atoms with Gasteiger partial charge in [0, 0.05) is 29.2 Å². The first-order valence-electron chi connectivity index (χ1n) is 13.7. The Morgan fingerprint density at radius 1 is 1.21 bits per heavy atom. The molecule has 1 heterocycles. The Morgan fingerprint density at radius 2 is 1.86 bits per heavy atom.